The van der Waals surface area contributed by atoms with Gasteiger partial charge in [0, 0.05) is 45.2 Å². The average Bonchev–Trinajstić information content (AvgIpc) is 3.06. The highest BCUT2D eigenvalue weighted by atomic mass is 16.2. The van der Waals surface area contributed by atoms with Crippen LogP contribution in [0.1, 0.15) is 30.4 Å². The van der Waals surface area contributed by atoms with Gasteiger partial charge in [0.25, 0.3) is 0 Å². The molecule has 2 saturated heterocycles. The molecule has 0 saturated carbocycles. The number of aryl methyl sites for hydroxylation is 1. The molecule has 2 heterocycles. The number of fused-ring (bicyclic) bond motifs is 1. The van der Waals surface area contributed by atoms with Gasteiger partial charge in [-0.25, -0.2) is 0 Å². The van der Waals surface area contributed by atoms with E-state index in [4.69, 9.17) is 0 Å². The number of amides is 2. The zero-order valence-electron chi connectivity index (χ0n) is 14.8. The van der Waals surface area contributed by atoms with Crippen molar-refractivity contribution in [2.24, 2.45) is 0 Å². The smallest absolute Gasteiger partial charge is 0.242 e. The van der Waals surface area contributed by atoms with E-state index in [1.54, 1.807) is 4.90 Å². The number of carbonyl (C=O) groups is 2. The number of likely N-dealkylation sites (tertiary alicyclic amines) is 1. The molecule has 0 spiro atoms. The first-order valence-corrected chi connectivity index (χ1v) is 9.57. The second-order valence-corrected chi connectivity index (χ2v) is 7.50. The molecule has 1 aromatic carbocycles. The van der Waals surface area contributed by atoms with E-state index in [0.29, 0.717) is 12.5 Å². The molecule has 0 radical (unpaired) electrons. The SMILES string of the molecule is O=C(CN1CCCC1=O)N1CCN([C@H]2CCc3ccccc3C2)CC1. The fourth-order valence-electron chi connectivity index (χ4n) is 4.46. The first-order chi connectivity index (χ1) is 12.2. The maximum Gasteiger partial charge on any atom is 0.242 e. The molecule has 25 heavy (non-hydrogen) atoms. The monoisotopic (exact) mass is 341 g/mol. The van der Waals surface area contributed by atoms with E-state index in [9.17, 15) is 9.59 Å². The molecule has 0 aromatic heterocycles. The van der Waals surface area contributed by atoms with Crippen LogP contribution in [0.4, 0.5) is 0 Å². The van der Waals surface area contributed by atoms with Crippen molar-refractivity contribution in [3.05, 3.63) is 35.4 Å². The van der Waals surface area contributed by atoms with E-state index in [1.165, 1.54) is 17.5 Å². The van der Waals surface area contributed by atoms with Crippen molar-refractivity contribution in [2.45, 2.75) is 38.1 Å². The van der Waals surface area contributed by atoms with Gasteiger partial charge in [-0.2, -0.15) is 0 Å². The van der Waals surface area contributed by atoms with Gasteiger partial charge in [0.2, 0.25) is 11.8 Å². The van der Waals surface area contributed by atoms with Crippen molar-refractivity contribution < 1.29 is 9.59 Å². The van der Waals surface area contributed by atoms with Gasteiger partial charge in [-0.05, 0) is 36.8 Å². The van der Waals surface area contributed by atoms with E-state index in [1.807, 2.05) is 4.90 Å². The Bertz CT molecular complexity index is 652. The lowest BCUT2D eigenvalue weighted by Gasteiger charge is -2.41. The predicted octanol–water partition coefficient (Wildman–Crippen LogP) is 1.31. The highest BCUT2D eigenvalue weighted by molar-refractivity contribution is 5.85. The molecule has 0 unspecified atom stereocenters. The van der Waals surface area contributed by atoms with Gasteiger partial charge >= 0.3 is 0 Å². The number of benzene rings is 1. The third-order valence-electron chi connectivity index (χ3n) is 6.00. The standard InChI is InChI=1S/C20H27N3O2/c24-19-6-3-9-23(19)15-20(25)22-12-10-21(11-13-22)18-8-7-16-4-1-2-5-17(16)14-18/h1-2,4-5,18H,3,6-15H2/t18-/m0/s1. The summed E-state index contributed by atoms with van der Waals surface area (Å²) in [6.07, 6.45) is 5.00. The highest BCUT2D eigenvalue weighted by Gasteiger charge is 2.30. The Morgan fingerprint density at radius 3 is 2.48 bits per heavy atom. The average molecular weight is 341 g/mol. The molecule has 2 aliphatic heterocycles. The summed E-state index contributed by atoms with van der Waals surface area (Å²) < 4.78 is 0. The molecule has 134 valence electrons. The third-order valence-corrected chi connectivity index (χ3v) is 6.00. The summed E-state index contributed by atoms with van der Waals surface area (Å²) in [5, 5.41) is 0. The Balaban J connectivity index is 1.28. The second kappa shape index (κ2) is 7.16. The van der Waals surface area contributed by atoms with E-state index < -0.39 is 0 Å². The minimum atomic E-state index is 0.115. The summed E-state index contributed by atoms with van der Waals surface area (Å²) in [6, 6.07) is 9.38. The summed E-state index contributed by atoms with van der Waals surface area (Å²) in [4.78, 5) is 30.4. The minimum Gasteiger partial charge on any atom is -0.339 e. The highest BCUT2D eigenvalue weighted by Crippen LogP contribution is 2.25. The van der Waals surface area contributed by atoms with Gasteiger partial charge in [0.05, 0.1) is 6.54 Å². The van der Waals surface area contributed by atoms with Crippen molar-refractivity contribution in [2.75, 3.05) is 39.3 Å². The molecule has 1 aromatic rings. The zero-order valence-corrected chi connectivity index (χ0v) is 14.8. The largest absolute Gasteiger partial charge is 0.339 e. The summed E-state index contributed by atoms with van der Waals surface area (Å²) in [6.45, 7) is 4.50. The lowest BCUT2D eigenvalue weighted by atomic mass is 9.87. The molecular weight excluding hydrogens is 314 g/mol. The number of carbonyl (C=O) groups excluding carboxylic acids is 2. The van der Waals surface area contributed by atoms with Gasteiger partial charge in [-0.1, -0.05) is 24.3 Å². The maximum absolute atomic E-state index is 12.5. The molecule has 1 aliphatic carbocycles. The Morgan fingerprint density at radius 2 is 1.76 bits per heavy atom. The summed E-state index contributed by atoms with van der Waals surface area (Å²) in [5.74, 6) is 0.247. The second-order valence-electron chi connectivity index (χ2n) is 7.50. The first kappa shape index (κ1) is 16.6. The molecular formula is C20H27N3O2. The maximum atomic E-state index is 12.5. The van der Waals surface area contributed by atoms with Crippen LogP contribution in [0.3, 0.4) is 0 Å². The lowest BCUT2D eigenvalue weighted by Crippen LogP contribution is -2.54. The van der Waals surface area contributed by atoms with Gasteiger partial charge in [-0.15, -0.1) is 0 Å². The Hall–Kier alpha value is -1.88. The minimum absolute atomic E-state index is 0.115. The van der Waals surface area contributed by atoms with Crippen molar-refractivity contribution in [3.63, 3.8) is 0 Å². The van der Waals surface area contributed by atoms with Crippen LogP contribution in [0.2, 0.25) is 0 Å². The van der Waals surface area contributed by atoms with Crippen LogP contribution >= 0.6 is 0 Å². The number of piperazine rings is 1. The number of rotatable bonds is 3. The van der Waals surface area contributed by atoms with E-state index >= 15 is 0 Å². The normalized spacial score (nSPS) is 24.5. The van der Waals surface area contributed by atoms with Crippen LogP contribution in [0, 0.1) is 0 Å². The predicted molar refractivity (Wildman–Crippen MR) is 96.2 cm³/mol. The van der Waals surface area contributed by atoms with Crippen molar-refractivity contribution in [3.8, 4) is 0 Å². The molecule has 5 nitrogen and oxygen atoms in total. The summed E-state index contributed by atoms with van der Waals surface area (Å²) in [7, 11) is 0. The molecule has 4 rings (SSSR count). The van der Waals surface area contributed by atoms with E-state index in [2.05, 4.69) is 29.2 Å². The van der Waals surface area contributed by atoms with Crippen LogP contribution in [-0.2, 0) is 22.4 Å². The van der Waals surface area contributed by atoms with Crippen LogP contribution in [0.15, 0.2) is 24.3 Å². The Morgan fingerprint density at radius 1 is 1.00 bits per heavy atom. The van der Waals surface area contributed by atoms with Crippen LogP contribution in [0.5, 0.6) is 0 Å². The van der Waals surface area contributed by atoms with Crippen molar-refractivity contribution in [1.82, 2.24) is 14.7 Å². The lowest BCUT2D eigenvalue weighted by molar-refractivity contribution is -0.139. The summed E-state index contributed by atoms with van der Waals surface area (Å²) >= 11 is 0. The number of nitrogens with zero attached hydrogens (tertiary/aromatic N) is 3. The molecule has 0 bridgehead atoms. The van der Waals surface area contributed by atoms with Gasteiger partial charge in [-0.3, -0.25) is 14.5 Å². The van der Waals surface area contributed by atoms with Gasteiger partial charge in [0.1, 0.15) is 0 Å². The van der Waals surface area contributed by atoms with Crippen LogP contribution < -0.4 is 0 Å². The zero-order chi connectivity index (χ0) is 17.2. The summed E-state index contributed by atoms with van der Waals surface area (Å²) in [5.41, 5.74) is 2.99. The van der Waals surface area contributed by atoms with E-state index in [-0.39, 0.29) is 18.4 Å². The fourth-order valence-corrected chi connectivity index (χ4v) is 4.46. The third kappa shape index (κ3) is 3.56. The molecule has 0 N–H and O–H groups in total. The van der Waals surface area contributed by atoms with Gasteiger partial charge < -0.3 is 9.80 Å². The van der Waals surface area contributed by atoms with Crippen molar-refractivity contribution in [1.29, 1.82) is 0 Å². The molecule has 5 heteroatoms. The quantitative estimate of drug-likeness (QED) is 0.833. The molecule has 3 aliphatic rings. The first-order valence-electron chi connectivity index (χ1n) is 9.57. The number of hydrogen-bond donors (Lipinski definition) is 0. The van der Waals surface area contributed by atoms with Crippen molar-refractivity contribution >= 4 is 11.8 Å². The Kier molecular flexibility index (Phi) is 4.75. The van der Waals surface area contributed by atoms with Crippen LogP contribution in [0.25, 0.3) is 0 Å². The molecule has 1 atom stereocenters. The number of hydrogen-bond acceptors (Lipinski definition) is 3. The van der Waals surface area contributed by atoms with Gasteiger partial charge in [0.15, 0.2) is 0 Å². The fraction of sp³-hybridized carbons (Fsp3) is 0.600. The molecule has 2 fully saturated rings. The van der Waals surface area contributed by atoms with Crippen LogP contribution in [-0.4, -0.2) is 71.8 Å². The van der Waals surface area contributed by atoms with E-state index in [0.717, 1.165) is 52.0 Å². The molecule has 2 amide bonds. The Labute approximate surface area is 149 Å². The topological polar surface area (TPSA) is 43.9 Å².